The molecule has 24 heavy (non-hydrogen) atoms. The van der Waals surface area contributed by atoms with Crippen LogP contribution in [-0.2, 0) is 17.6 Å². The summed E-state index contributed by atoms with van der Waals surface area (Å²) in [6.45, 7) is 2.89. The summed E-state index contributed by atoms with van der Waals surface area (Å²) in [5.74, 6) is 0.405. The van der Waals surface area contributed by atoms with Gasteiger partial charge in [-0.2, -0.15) is 0 Å². The Hall–Kier alpha value is -2.82. The van der Waals surface area contributed by atoms with Crippen molar-refractivity contribution in [2.24, 2.45) is 10.7 Å². The molecule has 0 aliphatic heterocycles. The van der Waals surface area contributed by atoms with Crippen LogP contribution < -0.4 is 16.4 Å². The Morgan fingerprint density at radius 2 is 1.67 bits per heavy atom. The van der Waals surface area contributed by atoms with Gasteiger partial charge in [0.1, 0.15) is 0 Å². The summed E-state index contributed by atoms with van der Waals surface area (Å²) in [4.78, 5) is 15.3. The van der Waals surface area contributed by atoms with E-state index in [1.165, 1.54) is 12.5 Å². The van der Waals surface area contributed by atoms with Gasteiger partial charge in [-0.15, -0.1) is 0 Å². The van der Waals surface area contributed by atoms with Crippen molar-refractivity contribution in [1.29, 1.82) is 0 Å². The maximum absolute atomic E-state index is 11.0. The molecule has 0 heterocycles. The van der Waals surface area contributed by atoms with E-state index in [-0.39, 0.29) is 5.91 Å². The molecule has 5 heteroatoms. The summed E-state index contributed by atoms with van der Waals surface area (Å²) in [7, 11) is 0. The van der Waals surface area contributed by atoms with E-state index < -0.39 is 0 Å². The van der Waals surface area contributed by atoms with E-state index in [9.17, 15) is 4.79 Å². The predicted octanol–water partition coefficient (Wildman–Crippen LogP) is 2.33. The highest BCUT2D eigenvalue weighted by Crippen LogP contribution is 2.09. The van der Waals surface area contributed by atoms with Crippen LogP contribution in [0.1, 0.15) is 18.1 Å². The molecular formula is C19H24N4O. The van der Waals surface area contributed by atoms with E-state index in [2.05, 4.69) is 27.8 Å². The number of nitrogens with one attached hydrogen (secondary N) is 2. The Morgan fingerprint density at radius 3 is 2.33 bits per heavy atom. The van der Waals surface area contributed by atoms with Gasteiger partial charge in [0.25, 0.3) is 0 Å². The van der Waals surface area contributed by atoms with E-state index in [4.69, 9.17) is 5.73 Å². The Balaban J connectivity index is 1.69. The maximum atomic E-state index is 11.0. The number of carbonyl (C=O) groups excluding carboxylic acids is 1. The number of hydrogen-bond donors (Lipinski definition) is 3. The average molecular weight is 324 g/mol. The number of benzene rings is 2. The second-order valence-electron chi connectivity index (χ2n) is 5.56. The Bertz CT molecular complexity index is 666. The number of anilines is 1. The monoisotopic (exact) mass is 324 g/mol. The average Bonchev–Trinajstić information content (AvgIpc) is 2.57. The lowest BCUT2D eigenvalue weighted by atomic mass is 10.1. The van der Waals surface area contributed by atoms with E-state index in [0.29, 0.717) is 12.5 Å². The summed E-state index contributed by atoms with van der Waals surface area (Å²) in [5.41, 5.74) is 9.11. The van der Waals surface area contributed by atoms with Crippen LogP contribution in [0.2, 0.25) is 0 Å². The smallest absolute Gasteiger partial charge is 0.221 e. The van der Waals surface area contributed by atoms with E-state index in [1.807, 2.05) is 42.5 Å². The Kier molecular flexibility index (Phi) is 6.83. The molecule has 0 saturated heterocycles. The number of aliphatic imine (C=N–C) groups is 1. The Labute approximate surface area is 143 Å². The van der Waals surface area contributed by atoms with Gasteiger partial charge in [-0.3, -0.25) is 9.79 Å². The molecule has 0 unspecified atom stereocenters. The second-order valence-corrected chi connectivity index (χ2v) is 5.56. The first-order valence-corrected chi connectivity index (χ1v) is 8.08. The molecule has 126 valence electrons. The van der Waals surface area contributed by atoms with Crippen molar-refractivity contribution in [3.8, 4) is 0 Å². The fourth-order valence-electron chi connectivity index (χ4n) is 2.30. The van der Waals surface area contributed by atoms with E-state index >= 15 is 0 Å². The quantitative estimate of drug-likeness (QED) is 0.540. The third-order valence-corrected chi connectivity index (χ3v) is 3.52. The minimum absolute atomic E-state index is 0.0679. The van der Waals surface area contributed by atoms with Crippen molar-refractivity contribution in [3.05, 3.63) is 65.7 Å². The minimum atomic E-state index is -0.0679. The molecule has 2 aromatic carbocycles. The maximum Gasteiger partial charge on any atom is 0.221 e. The standard InChI is InChI=1S/C19H24N4O/c1-15(24)23-18-9-7-17(8-10-18)12-14-22-19(20)21-13-11-16-5-3-2-4-6-16/h2-10H,11-14H2,1H3,(H,23,24)(H3,20,21,22). The highest BCUT2D eigenvalue weighted by molar-refractivity contribution is 5.88. The van der Waals surface area contributed by atoms with Gasteiger partial charge in [-0.1, -0.05) is 42.5 Å². The number of carbonyl (C=O) groups is 1. The van der Waals surface area contributed by atoms with Crippen LogP contribution in [0, 0.1) is 0 Å². The normalized spacial score (nSPS) is 11.1. The molecule has 1 amide bonds. The number of hydrogen-bond acceptors (Lipinski definition) is 2. The van der Waals surface area contributed by atoms with Gasteiger partial charge in [0.05, 0.1) is 0 Å². The topological polar surface area (TPSA) is 79.5 Å². The largest absolute Gasteiger partial charge is 0.370 e. The molecule has 5 nitrogen and oxygen atoms in total. The van der Waals surface area contributed by atoms with E-state index in [1.54, 1.807) is 0 Å². The zero-order valence-corrected chi connectivity index (χ0v) is 14.0. The van der Waals surface area contributed by atoms with Crippen LogP contribution in [0.25, 0.3) is 0 Å². The highest BCUT2D eigenvalue weighted by atomic mass is 16.1. The van der Waals surface area contributed by atoms with Crippen molar-refractivity contribution in [2.75, 3.05) is 18.4 Å². The summed E-state index contributed by atoms with van der Waals surface area (Å²) in [5, 5.41) is 5.87. The molecule has 0 aliphatic rings. The number of guanidine groups is 1. The van der Waals surface area contributed by atoms with Gasteiger partial charge in [-0.25, -0.2) is 0 Å². The molecule has 2 aromatic rings. The first-order valence-electron chi connectivity index (χ1n) is 8.08. The fourth-order valence-corrected chi connectivity index (χ4v) is 2.30. The molecule has 0 aliphatic carbocycles. The van der Waals surface area contributed by atoms with Crippen LogP contribution in [0.15, 0.2) is 59.6 Å². The molecular weight excluding hydrogens is 300 g/mol. The number of amides is 1. The molecule has 0 spiro atoms. The molecule has 0 saturated carbocycles. The van der Waals surface area contributed by atoms with Crippen molar-refractivity contribution in [3.63, 3.8) is 0 Å². The molecule has 0 aromatic heterocycles. The van der Waals surface area contributed by atoms with Crippen LogP contribution in [0.4, 0.5) is 5.69 Å². The van der Waals surface area contributed by atoms with Crippen molar-refractivity contribution < 1.29 is 4.79 Å². The molecule has 2 rings (SSSR count). The van der Waals surface area contributed by atoms with Gasteiger partial charge in [0, 0.05) is 25.7 Å². The van der Waals surface area contributed by atoms with Crippen molar-refractivity contribution in [2.45, 2.75) is 19.8 Å². The van der Waals surface area contributed by atoms with Gasteiger partial charge in [-0.05, 0) is 36.1 Å². The molecule has 4 N–H and O–H groups in total. The highest BCUT2D eigenvalue weighted by Gasteiger charge is 1.97. The predicted molar refractivity (Wildman–Crippen MR) is 99.1 cm³/mol. The van der Waals surface area contributed by atoms with Crippen LogP contribution >= 0.6 is 0 Å². The van der Waals surface area contributed by atoms with Gasteiger partial charge in [0.2, 0.25) is 5.91 Å². The lowest BCUT2D eigenvalue weighted by Gasteiger charge is -2.06. The third kappa shape index (κ3) is 6.52. The third-order valence-electron chi connectivity index (χ3n) is 3.52. The number of rotatable bonds is 7. The van der Waals surface area contributed by atoms with Gasteiger partial charge < -0.3 is 16.4 Å². The van der Waals surface area contributed by atoms with Gasteiger partial charge in [0.15, 0.2) is 5.96 Å². The van der Waals surface area contributed by atoms with Crippen LogP contribution in [0.5, 0.6) is 0 Å². The summed E-state index contributed by atoms with van der Waals surface area (Å²) in [6.07, 6.45) is 1.73. The van der Waals surface area contributed by atoms with Crippen molar-refractivity contribution in [1.82, 2.24) is 5.32 Å². The SMILES string of the molecule is CC(=O)Nc1ccc(CCN=C(N)NCCc2ccccc2)cc1. The van der Waals surface area contributed by atoms with E-state index in [0.717, 1.165) is 30.6 Å². The van der Waals surface area contributed by atoms with Crippen molar-refractivity contribution >= 4 is 17.6 Å². The number of nitrogens with zero attached hydrogens (tertiary/aromatic N) is 1. The van der Waals surface area contributed by atoms with Crippen LogP contribution in [0.3, 0.4) is 0 Å². The number of nitrogens with two attached hydrogens (primary N) is 1. The zero-order valence-electron chi connectivity index (χ0n) is 14.0. The van der Waals surface area contributed by atoms with Gasteiger partial charge >= 0.3 is 0 Å². The minimum Gasteiger partial charge on any atom is -0.370 e. The summed E-state index contributed by atoms with van der Waals surface area (Å²) < 4.78 is 0. The summed E-state index contributed by atoms with van der Waals surface area (Å²) in [6, 6.07) is 18.0. The molecule has 0 bridgehead atoms. The van der Waals surface area contributed by atoms with Crippen LogP contribution in [-0.4, -0.2) is 25.0 Å². The Morgan fingerprint density at radius 1 is 1.00 bits per heavy atom. The molecule has 0 fully saturated rings. The first-order chi connectivity index (χ1) is 11.6. The lowest BCUT2D eigenvalue weighted by Crippen LogP contribution is -2.33. The molecule has 0 atom stereocenters. The fraction of sp³-hybridized carbons (Fsp3) is 0.263. The molecule has 0 radical (unpaired) electrons. The first kappa shape index (κ1) is 17.5. The summed E-state index contributed by atoms with van der Waals surface area (Å²) >= 11 is 0. The second kappa shape index (κ2) is 9.35. The zero-order chi connectivity index (χ0) is 17.2. The lowest BCUT2D eigenvalue weighted by molar-refractivity contribution is -0.114.